The average Bonchev–Trinajstić information content (AvgIpc) is 2.57. The van der Waals surface area contributed by atoms with Crippen LogP contribution < -0.4 is 4.72 Å². The lowest BCUT2D eigenvalue weighted by molar-refractivity contribution is -0.129. The standard InChI is InChI=1S/C17H21N3O3S/c1-24(22,23)19-13-16-7-2-3-10-20(16)17(21)9-8-14-5-4-6-15(11-14)12-18/h4-6,8-9,11,16,19H,2-3,7,10,13H2,1H3/b9-8+. The van der Waals surface area contributed by atoms with Gasteiger partial charge in [-0.15, -0.1) is 0 Å². The maximum Gasteiger partial charge on any atom is 0.246 e. The maximum absolute atomic E-state index is 12.5. The van der Waals surface area contributed by atoms with Crippen LogP contribution in [0.4, 0.5) is 0 Å². The molecule has 0 spiro atoms. The Labute approximate surface area is 142 Å². The largest absolute Gasteiger partial charge is 0.335 e. The topological polar surface area (TPSA) is 90.3 Å². The Morgan fingerprint density at radius 2 is 2.25 bits per heavy atom. The zero-order valence-corrected chi connectivity index (χ0v) is 14.4. The molecular weight excluding hydrogens is 326 g/mol. The molecule has 128 valence electrons. The number of hydrogen-bond donors (Lipinski definition) is 1. The summed E-state index contributed by atoms with van der Waals surface area (Å²) in [5.74, 6) is -0.141. The van der Waals surface area contributed by atoms with Crippen LogP contribution in [0.3, 0.4) is 0 Å². The van der Waals surface area contributed by atoms with E-state index in [1.54, 1.807) is 29.2 Å². The number of hydrogen-bond acceptors (Lipinski definition) is 4. The van der Waals surface area contributed by atoms with Crippen LogP contribution in [0.2, 0.25) is 0 Å². The monoisotopic (exact) mass is 347 g/mol. The van der Waals surface area contributed by atoms with Crippen LogP contribution >= 0.6 is 0 Å². The Hall–Kier alpha value is -2.17. The lowest BCUT2D eigenvalue weighted by Gasteiger charge is -2.35. The van der Waals surface area contributed by atoms with Gasteiger partial charge in [-0.1, -0.05) is 12.1 Å². The summed E-state index contributed by atoms with van der Waals surface area (Å²) in [6, 6.07) is 8.94. The van der Waals surface area contributed by atoms with Gasteiger partial charge in [0.25, 0.3) is 0 Å². The van der Waals surface area contributed by atoms with Gasteiger partial charge in [0.15, 0.2) is 0 Å². The molecule has 1 aliphatic rings. The second-order valence-electron chi connectivity index (χ2n) is 5.87. The van der Waals surface area contributed by atoms with Gasteiger partial charge >= 0.3 is 0 Å². The zero-order valence-electron chi connectivity index (χ0n) is 13.6. The Morgan fingerprint density at radius 1 is 1.46 bits per heavy atom. The van der Waals surface area contributed by atoms with Crippen molar-refractivity contribution in [3.63, 3.8) is 0 Å². The first kappa shape index (κ1) is 18.2. The predicted molar refractivity (Wildman–Crippen MR) is 92.4 cm³/mol. The van der Waals surface area contributed by atoms with Crippen LogP contribution in [0.5, 0.6) is 0 Å². The fourth-order valence-electron chi connectivity index (χ4n) is 2.73. The SMILES string of the molecule is CS(=O)(=O)NCC1CCCCN1C(=O)/C=C/c1cccc(C#N)c1. The number of nitrogens with one attached hydrogen (secondary N) is 1. The molecule has 1 atom stereocenters. The molecule has 1 amide bonds. The first-order valence-electron chi connectivity index (χ1n) is 7.82. The van der Waals surface area contributed by atoms with Gasteiger partial charge < -0.3 is 4.90 Å². The van der Waals surface area contributed by atoms with Crippen molar-refractivity contribution in [2.24, 2.45) is 0 Å². The predicted octanol–water partition coefficient (Wildman–Crippen LogP) is 1.50. The number of carbonyl (C=O) groups excluding carboxylic acids is 1. The van der Waals surface area contributed by atoms with Gasteiger partial charge in [-0.25, -0.2) is 13.1 Å². The zero-order chi connectivity index (χ0) is 17.6. The number of benzene rings is 1. The van der Waals surface area contributed by atoms with Crippen molar-refractivity contribution in [1.82, 2.24) is 9.62 Å². The Balaban J connectivity index is 2.05. The molecule has 0 saturated carbocycles. The number of piperidine rings is 1. The minimum absolute atomic E-state index is 0.129. The summed E-state index contributed by atoms with van der Waals surface area (Å²) in [7, 11) is -3.27. The molecule has 1 fully saturated rings. The fourth-order valence-corrected chi connectivity index (χ4v) is 3.22. The summed E-state index contributed by atoms with van der Waals surface area (Å²) in [5, 5.41) is 8.90. The van der Waals surface area contributed by atoms with Crippen molar-refractivity contribution in [2.75, 3.05) is 19.3 Å². The number of nitrogens with zero attached hydrogens (tertiary/aromatic N) is 2. The number of amides is 1. The van der Waals surface area contributed by atoms with E-state index in [4.69, 9.17) is 5.26 Å². The molecule has 1 aromatic carbocycles. The fraction of sp³-hybridized carbons (Fsp3) is 0.412. The van der Waals surface area contributed by atoms with Crippen LogP contribution in [0.15, 0.2) is 30.3 Å². The first-order valence-corrected chi connectivity index (χ1v) is 9.71. The lowest BCUT2D eigenvalue weighted by Crippen LogP contribution is -2.48. The molecule has 1 heterocycles. The Morgan fingerprint density at radius 3 is 2.96 bits per heavy atom. The minimum Gasteiger partial charge on any atom is -0.335 e. The number of rotatable bonds is 5. The van der Waals surface area contributed by atoms with Gasteiger partial charge in [-0.2, -0.15) is 5.26 Å². The molecule has 1 unspecified atom stereocenters. The van der Waals surface area contributed by atoms with Crippen LogP contribution in [0, 0.1) is 11.3 Å². The summed E-state index contributed by atoms with van der Waals surface area (Å²) in [5.41, 5.74) is 1.32. The molecule has 1 saturated heterocycles. The third-order valence-corrected chi connectivity index (χ3v) is 4.62. The van der Waals surface area contributed by atoms with Crippen molar-refractivity contribution in [2.45, 2.75) is 25.3 Å². The van der Waals surface area contributed by atoms with Crippen molar-refractivity contribution in [3.05, 3.63) is 41.5 Å². The number of likely N-dealkylation sites (tertiary alicyclic amines) is 1. The van der Waals surface area contributed by atoms with Gasteiger partial charge in [0.1, 0.15) is 0 Å². The van der Waals surface area contributed by atoms with Gasteiger partial charge in [0, 0.05) is 25.2 Å². The highest BCUT2D eigenvalue weighted by Crippen LogP contribution is 2.17. The summed E-state index contributed by atoms with van der Waals surface area (Å²) in [4.78, 5) is 14.2. The second kappa shape index (κ2) is 8.08. The normalized spacial score (nSPS) is 18.5. The van der Waals surface area contributed by atoms with Crippen molar-refractivity contribution < 1.29 is 13.2 Å². The van der Waals surface area contributed by atoms with E-state index in [1.165, 1.54) is 6.08 Å². The summed E-state index contributed by atoms with van der Waals surface area (Å²) in [6.07, 6.45) is 6.96. The Bertz CT molecular complexity index is 766. The van der Waals surface area contributed by atoms with E-state index < -0.39 is 10.0 Å². The van der Waals surface area contributed by atoms with Crippen molar-refractivity contribution >= 4 is 22.0 Å². The highest BCUT2D eigenvalue weighted by molar-refractivity contribution is 7.88. The highest BCUT2D eigenvalue weighted by Gasteiger charge is 2.25. The summed E-state index contributed by atoms with van der Waals surface area (Å²) >= 11 is 0. The van der Waals surface area contributed by atoms with Crippen molar-refractivity contribution in [1.29, 1.82) is 5.26 Å². The van der Waals surface area contributed by atoms with E-state index in [1.807, 2.05) is 6.07 Å². The van der Waals surface area contributed by atoms with Crippen LogP contribution in [-0.2, 0) is 14.8 Å². The summed E-state index contributed by atoms with van der Waals surface area (Å²) < 4.78 is 25.0. The average molecular weight is 347 g/mol. The molecule has 24 heavy (non-hydrogen) atoms. The minimum atomic E-state index is -3.27. The highest BCUT2D eigenvalue weighted by atomic mass is 32.2. The van der Waals surface area contributed by atoms with E-state index in [0.29, 0.717) is 12.1 Å². The lowest BCUT2D eigenvalue weighted by atomic mass is 10.0. The van der Waals surface area contributed by atoms with Gasteiger partial charge in [-0.05, 0) is 43.0 Å². The van der Waals surface area contributed by atoms with Crippen LogP contribution in [-0.4, -0.2) is 44.6 Å². The molecule has 0 radical (unpaired) electrons. The first-order chi connectivity index (χ1) is 11.4. The van der Waals surface area contributed by atoms with E-state index in [2.05, 4.69) is 10.8 Å². The molecule has 0 aliphatic carbocycles. The number of nitriles is 1. The van der Waals surface area contributed by atoms with E-state index in [-0.39, 0.29) is 18.5 Å². The smallest absolute Gasteiger partial charge is 0.246 e. The quantitative estimate of drug-likeness (QED) is 0.817. The molecule has 0 aromatic heterocycles. The molecule has 6 nitrogen and oxygen atoms in total. The third-order valence-electron chi connectivity index (χ3n) is 3.93. The number of carbonyl (C=O) groups is 1. The van der Waals surface area contributed by atoms with Gasteiger partial charge in [0.2, 0.25) is 15.9 Å². The molecule has 7 heteroatoms. The molecular formula is C17H21N3O3S. The van der Waals surface area contributed by atoms with Crippen LogP contribution in [0.25, 0.3) is 6.08 Å². The van der Waals surface area contributed by atoms with E-state index in [9.17, 15) is 13.2 Å². The maximum atomic E-state index is 12.5. The Kier molecular flexibility index (Phi) is 6.12. The third kappa shape index (κ3) is 5.48. The van der Waals surface area contributed by atoms with Gasteiger partial charge in [0.05, 0.1) is 17.9 Å². The second-order valence-corrected chi connectivity index (χ2v) is 7.71. The molecule has 1 aliphatic heterocycles. The van der Waals surface area contributed by atoms with E-state index in [0.717, 1.165) is 31.1 Å². The molecule has 2 rings (SSSR count). The van der Waals surface area contributed by atoms with E-state index >= 15 is 0 Å². The van der Waals surface area contributed by atoms with Crippen molar-refractivity contribution in [3.8, 4) is 6.07 Å². The molecule has 0 bridgehead atoms. The van der Waals surface area contributed by atoms with Crippen LogP contribution in [0.1, 0.15) is 30.4 Å². The molecule has 1 N–H and O–H groups in total. The summed E-state index contributed by atoms with van der Waals surface area (Å²) in [6.45, 7) is 0.861. The number of sulfonamides is 1. The molecule has 1 aromatic rings. The van der Waals surface area contributed by atoms with Gasteiger partial charge in [-0.3, -0.25) is 4.79 Å².